The molecule has 4 nitrogen and oxygen atoms in total. The Morgan fingerprint density at radius 2 is 2.06 bits per heavy atom. The quantitative estimate of drug-likeness (QED) is 0.749. The molecule has 100 valence electrons. The molecule has 1 aliphatic carbocycles. The molecule has 0 radical (unpaired) electrons. The summed E-state index contributed by atoms with van der Waals surface area (Å²) in [7, 11) is 3.79. The van der Waals surface area contributed by atoms with E-state index in [9.17, 15) is 4.79 Å². The highest BCUT2D eigenvalue weighted by Gasteiger charge is 2.41. The standard InChI is InChI=1S/C13H27N3O/c1-11-4-6-13(10-14,7-5-11)12(17)16(3)9-8-15-2/h11,15H,4-10,14H2,1-3H3. The van der Waals surface area contributed by atoms with E-state index in [1.165, 1.54) is 0 Å². The van der Waals surface area contributed by atoms with Crippen LogP contribution in [0.1, 0.15) is 32.6 Å². The molecule has 1 aliphatic rings. The van der Waals surface area contributed by atoms with Crippen molar-refractivity contribution in [2.75, 3.05) is 33.7 Å². The van der Waals surface area contributed by atoms with Gasteiger partial charge in [0.15, 0.2) is 0 Å². The van der Waals surface area contributed by atoms with Gasteiger partial charge in [-0.2, -0.15) is 0 Å². The fraction of sp³-hybridized carbons (Fsp3) is 0.923. The zero-order chi connectivity index (χ0) is 12.9. The van der Waals surface area contributed by atoms with E-state index >= 15 is 0 Å². The van der Waals surface area contributed by atoms with Crippen LogP contribution in [-0.2, 0) is 4.79 Å². The number of amides is 1. The van der Waals surface area contributed by atoms with Crippen LogP contribution in [0.15, 0.2) is 0 Å². The van der Waals surface area contributed by atoms with Gasteiger partial charge in [0.25, 0.3) is 0 Å². The first-order valence-electron chi connectivity index (χ1n) is 6.66. The Labute approximate surface area is 105 Å². The number of carbonyl (C=O) groups excluding carboxylic acids is 1. The highest BCUT2D eigenvalue weighted by molar-refractivity contribution is 5.83. The Morgan fingerprint density at radius 3 is 2.53 bits per heavy atom. The maximum absolute atomic E-state index is 12.5. The first kappa shape index (κ1) is 14.5. The van der Waals surface area contributed by atoms with E-state index < -0.39 is 0 Å². The van der Waals surface area contributed by atoms with Crippen LogP contribution in [0.25, 0.3) is 0 Å². The summed E-state index contributed by atoms with van der Waals surface area (Å²) in [5, 5.41) is 3.07. The average Bonchev–Trinajstić information content (AvgIpc) is 2.36. The fourth-order valence-electron chi connectivity index (χ4n) is 2.61. The van der Waals surface area contributed by atoms with Crippen molar-refractivity contribution in [1.82, 2.24) is 10.2 Å². The predicted molar refractivity (Wildman–Crippen MR) is 70.7 cm³/mol. The largest absolute Gasteiger partial charge is 0.344 e. The molecule has 0 aromatic heterocycles. The van der Waals surface area contributed by atoms with Crippen LogP contribution < -0.4 is 11.1 Å². The van der Waals surface area contributed by atoms with Gasteiger partial charge in [0, 0.05) is 26.7 Å². The molecule has 3 N–H and O–H groups in total. The van der Waals surface area contributed by atoms with E-state index in [1.54, 1.807) is 0 Å². The molecule has 0 aromatic carbocycles. The summed E-state index contributed by atoms with van der Waals surface area (Å²) in [6, 6.07) is 0. The van der Waals surface area contributed by atoms with Gasteiger partial charge in [0.2, 0.25) is 5.91 Å². The monoisotopic (exact) mass is 241 g/mol. The van der Waals surface area contributed by atoms with Crippen LogP contribution in [0.3, 0.4) is 0 Å². The third-order valence-corrected chi connectivity index (χ3v) is 4.12. The number of rotatable bonds is 5. The first-order chi connectivity index (χ1) is 8.05. The van der Waals surface area contributed by atoms with Crippen molar-refractivity contribution in [3.63, 3.8) is 0 Å². The number of nitrogens with two attached hydrogens (primary N) is 1. The Hall–Kier alpha value is -0.610. The Balaban J connectivity index is 2.62. The van der Waals surface area contributed by atoms with Gasteiger partial charge in [0.1, 0.15) is 0 Å². The van der Waals surface area contributed by atoms with Crippen molar-refractivity contribution in [3.8, 4) is 0 Å². The Bertz CT molecular complexity index is 247. The number of likely N-dealkylation sites (N-methyl/N-ethyl adjacent to an activating group) is 2. The summed E-state index contributed by atoms with van der Waals surface area (Å²) in [5.41, 5.74) is 5.61. The molecule has 0 atom stereocenters. The smallest absolute Gasteiger partial charge is 0.229 e. The molecule has 0 saturated heterocycles. The number of carbonyl (C=O) groups is 1. The van der Waals surface area contributed by atoms with E-state index in [0.717, 1.165) is 44.7 Å². The molecule has 0 bridgehead atoms. The van der Waals surface area contributed by atoms with Gasteiger partial charge in [-0.3, -0.25) is 4.79 Å². The summed E-state index contributed by atoms with van der Waals surface area (Å²) < 4.78 is 0. The summed E-state index contributed by atoms with van der Waals surface area (Å²) in [6.45, 7) is 4.34. The first-order valence-corrected chi connectivity index (χ1v) is 6.66. The van der Waals surface area contributed by atoms with Crippen LogP contribution in [0.2, 0.25) is 0 Å². The molecule has 0 unspecified atom stereocenters. The molecule has 1 saturated carbocycles. The lowest BCUT2D eigenvalue weighted by molar-refractivity contribution is -0.142. The molecule has 0 aromatic rings. The molecule has 1 amide bonds. The van der Waals surface area contributed by atoms with Crippen LogP contribution >= 0.6 is 0 Å². The molecule has 1 rings (SSSR count). The zero-order valence-electron chi connectivity index (χ0n) is 11.5. The minimum atomic E-state index is -0.283. The van der Waals surface area contributed by atoms with Crippen molar-refractivity contribution in [3.05, 3.63) is 0 Å². The van der Waals surface area contributed by atoms with Crippen LogP contribution in [0.5, 0.6) is 0 Å². The lowest BCUT2D eigenvalue weighted by Crippen LogP contribution is -2.49. The topological polar surface area (TPSA) is 58.4 Å². The predicted octanol–water partition coefficient (Wildman–Crippen LogP) is 0.819. The third-order valence-electron chi connectivity index (χ3n) is 4.12. The Morgan fingerprint density at radius 1 is 1.47 bits per heavy atom. The van der Waals surface area contributed by atoms with Crippen molar-refractivity contribution in [1.29, 1.82) is 0 Å². The van der Waals surface area contributed by atoms with Gasteiger partial charge < -0.3 is 16.0 Å². The SMILES string of the molecule is CNCCN(C)C(=O)C1(CN)CCC(C)CC1. The molecule has 0 spiro atoms. The molecule has 4 heteroatoms. The molecule has 0 aliphatic heterocycles. The van der Waals surface area contributed by atoms with Crippen LogP contribution in [0.4, 0.5) is 0 Å². The van der Waals surface area contributed by atoms with Crippen molar-refractivity contribution < 1.29 is 4.79 Å². The van der Waals surface area contributed by atoms with E-state index in [0.29, 0.717) is 6.54 Å². The summed E-state index contributed by atoms with van der Waals surface area (Å²) in [6.07, 6.45) is 4.16. The lowest BCUT2D eigenvalue weighted by Gasteiger charge is -2.39. The molecular weight excluding hydrogens is 214 g/mol. The molecular formula is C13H27N3O. The molecule has 17 heavy (non-hydrogen) atoms. The maximum atomic E-state index is 12.5. The third kappa shape index (κ3) is 3.42. The van der Waals surface area contributed by atoms with E-state index in [4.69, 9.17) is 5.73 Å². The van der Waals surface area contributed by atoms with Crippen LogP contribution in [0, 0.1) is 11.3 Å². The highest BCUT2D eigenvalue weighted by atomic mass is 16.2. The van der Waals surface area contributed by atoms with Crippen molar-refractivity contribution in [2.24, 2.45) is 17.1 Å². The van der Waals surface area contributed by atoms with Gasteiger partial charge in [-0.1, -0.05) is 6.92 Å². The van der Waals surface area contributed by atoms with E-state index in [-0.39, 0.29) is 11.3 Å². The second-order valence-corrected chi connectivity index (χ2v) is 5.50. The minimum absolute atomic E-state index is 0.238. The second kappa shape index (κ2) is 6.36. The molecule has 1 fully saturated rings. The maximum Gasteiger partial charge on any atom is 0.229 e. The van der Waals surface area contributed by atoms with Gasteiger partial charge in [-0.15, -0.1) is 0 Å². The van der Waals surface area contributed by atoms with Gasteiger partial charge in [-0.05, 0) is 38.6 Å². The van der Waals surface area contributed by atoms with Crippen molar-refractivity contribution in [2.45, 2.75) is 32.6 Å². The van der Waals surface area contributed by atoms with Crippen molar-refractivity contribution >= 4 is 5.91 Å². The number of hydrogen-bond acceptors (Lipinski definition) is 3. The van der Waals surface area contributed by atoms with E-state index in [2.05, 4.69) is 12.2 Å². The Kier molecular flexibility index (Phi) is 5.40. The van der Waals surface area contributed by atoms with Crippen LogP contribution in [-0.4, -0.2) is 44.5 Å². The second-order valence-electron chi connectivity index (χ2n) is 5.50. The highest BCUT2D eigenvalue weighted by Crippen LogP contribution is 2.39. The van der Waals surface area contributed by atoms with Gasteiger partial charge in [-0.25, -0.2) is 0 Å². The fourth-order valence-corrected chi connectivity index (χ4v) is 2.61. The van der Waals surface area contributed by atoms with Gasteiger partial charge >= 0.3 is 0 Å². The number of nitrogens with one attached hydrogen (secondary N) is 1. The minimum Gasteiger partial charge on any atom is -0.344 e. The number of nitrogens with zero attached hydrogens (tertiary/aromatic N) is 1. The zero-order valence-corrected chi connectivity index (χ0v) is 11.5. The van der Waals surface area contributed by atoms with E-state index in [1.807, 2.05) is 19.0 Å². The summed E-state index contributed by atoms with van der Waals surface area (Å²) in [5.74, 6) is 0.979. The summed E-state index contributed by atoms with van der Waals surface area (Å²) in [4.78, 5) is 14.3. The number of hydrogen-bond donors (Lipinski definition) is 2. The summed E-state index contributed by atoms with van der Waals surface area (Å²) >= 11 is 0. The average molecular weight is 241 g/mol. The molecule has 0 heterocycles. The lowest BCUT2D eigenvalue weighted by atomic mass is 9.70. The normalized spacial score (nSPS) is 29.1. The van der Waals surface area contributed by atoms with Gasteiger partial charge in [0.05, 0.1) is 5.41 Å².